The maximum atomic E-state index is 10.8. The second kappa shape index (κ2) is 7.26. The van der Waals surface area contributed by atoms with Gasteiger partial charge in [0.15, 0.2) is 0 Å². The molecule has 0 aliphatic carbocycles. The first-order valence-corrected chi connectivity index (χ1v) is 6.95. The number of benzene rings is 1. The third kappa shape index (κ3) is 4.51. The second-order valence-electron chi connectivity index (χ2n) is 5.00. The van der Waals surface area contributed by atoms with Gasteiger partial charge in [0.05, 0.1) is 24.9 Å². The largest absolute Gasteiger partial charge is 0.491 e. The zero-order chi connectivity index (χ0) is 14.4. The lowest BCUT2D eigenvalue weighted by Crippen LogP contribution is -2.38. The van der Waals surface area contributed by atoms with Gasteiger partial charge >= 0.3 is 5.97 Å². The summed E-state index contributed by atoms with van der Waals surface area (Å²) in [4.78, 5) is 13.1. The van der Waals surface area contributed by atoms with Crippen LogP contribution in [0.15, 0.2) is 24.3 Å². The highest BCUT2D eigenvalue weighted by atomic mass is 16.5. The Morgan fingerprint density at radius 1 is 1.35 bits per heavy atom. The van der Waals surface area contributed by atoms with Crippen LogP contribution in [0.1, 0.15) is 23.7 Å². The van der Waals surface area contributed by atoms with E-state index in [1.807, 2.05) is 6.92 Å². The number of morpholine rings is 1. The van der Waals surface area contributed by atoms with Gasteiger partial charge < -0.3 is 14.6 Å². The molecule has 1 saturated heterocycles. The van der Waals surface area contributed by atoms with Gasteiger partial charge in [0, 0.05) is 19.6 Å². The predicted molar refractivity (Wildman–Crippen MR) is 75.4 cm³/mol. The first kappa shape index (κ1) is 14.8. The highest BCUT2D eigenvalue weighted by molar-refractivity contribution is 5.87. The Bertz CT molecular complexity index is 426. The van der Waals surface area contributed by atoms with E-state index in [0.717, 1.165) is 39.3 Å². The molecule has 0 amide bonds. The third-order valence-electron chi connectivity index (χ3n) is 3.39. The summed E-state index contributed by atoms with van der Waals surface area (Å²) < 4.78 is 11.1. The zero-order valence-electron chi connectivity index (χ0n) is 11.7. The molecule has 1 atom stereocenters. The zero-order valence-corrected chi connectivity index (χ0v) is 11.7. The van der Waals surface area contributed by atoms with E-state index in [2.05, 4.69) is 4.90 Å². The van der Waals surface area contributed by atoms with E-state index in [1.165, 1.54) is 0 Å². The fourth-order valence-electron chi connectivity index (χ4n) is 2.16. The predicted octanol–water partition coefficient (Wildman–Crippen LogP) is 1.87. The van der Waals surface area contributed by atoms with Crippen molar-refractivity contribution in [2.24, 2.45) is 0 Å². The molecule has 0 spiro atoms. The summed E-state index contributed by atoms with van der Waals surface area (Å²) >= 11 is 0. The van der Waals surface area contributed by atoms with E-state index < -0.39 is 5.97 Å². The summed E-state index contributed by atoms with van der Waals surface area (Å²) in [6, 6.07) is 6.53. The Morgan fingerprint density at radius 2 is 2.00 bits per heavy atom. The molecular weight excluding hydrogens is 258 g/mol. The van der Waals surface area contributed by atoms with Crippen LogP contribution in [0.4, 0.5) is 0 Å². The van der Waals surface area contributed by atoms with Gasteiger partial charge in [-0.15, -0.1) is 0 Å². The van der Waals surface area contributed by atoms with Gasteiger partial charge in [0.2, 0.25) is 0 Å². The lowest BCUT2D eigenvalue weighted by molar-refractivity contribution is 0.0326. The summed E-state index contributed by atoms with van der Waals surface area (Å²) in [5, 5.41) is 8.83. The van der Waals surface area contributed by atoms with Crippen LogP contribution in [-0.2, 0) is 4.74 Å². The van der Waals surface area contributed by atoms with E-state index >= 15 is 0 Å². The van der Waals surface area contributed by atoms with E-state index in [4.69, 9.17) is 14.6 Å². The molecule has 1 unspecified atom stereocenters. The highest BCUT2D eigenvalue weighted by Gasteiger charge is 2.12. The van der Waals surface area contributed by atoms with Gasteiger partial charge in [0.1, 0.15) is 5.75 Å². The van der Waals surface area contributed by atoms with Crippen LogP contribution in [0.2, 0.25) is 0 Å². The smallest absolute Gasteiger partial charge is 0.335 e. The Kier molecular flexibility index (Phi) is 5.38. The first-order chi connectivity index (χ1) is 9.65. The van der Waals surface area contributed by atoms with Crippen molar-refractivity contribution in [2.45, 2.75) is 19.4 Å². The Balaban J connectivity index is 1.75. The molecule has 1 aromatic rings. The number of nitrogens with zero attached hydrogens (tertiary/aromatic N) is 1. The molecule has 5 nitrogen and oxygen atoms in total. The molecule has 1 fully saturated rings. The fourth-order valence-corrected chi connectivity index (χ4v) is 2.16. The molecule has 2 rings (SSSR count). The van der Waals surface area contributed by atoms with Crippen molar-refractivity contribution in [3.63, 3.8) is 0 Å². The standard InChI is InChI=1S/C15H21NO4/c1-12(6-7-16-8-10-19-11-9-16)20-14-4-2-13(3-5-14)15(17)18/h2-5,12H,6-11H2,1H3,(H,17,18). The molecule has 1 N–H and O–H groups in total. The van der Waals surface area contributed by atoms with Crippen LogP contribution in [-0.4, -0.2) is 54.9 Å². The van der Waals surface area contributed by atoms with Gasteiger partial charge in [0.25, 0.3) is 0 Å². The van der Waals surface area contributed by atoms with Crippen molar-refractivity contribution >= 4 is 5.97 Å². The summed E-state index contributed by atoms with van der Waals surface area (Å²) in [5.41, 5.74) is 0.276. The maximum absolute atomic E-state index is 10.8. The minimum Gasteiger partial charge on any atom is -0.491 e. The summed E-state index contributed by atoms with van der Waals surface area (Å²) in [6.45, 7) is 6.63. The molecular formula is C15H21NO4. The van der Waals surface area contributed by atoms with Gasteiger partial charge in [-0.2, -0.15) is 0 Å². The average molecular weight is 279 g/mol. The van der Waals surface area contributed by atoms with Crippen molar-refractivity contribution in [2.75, 3.05) is 32.8 Å². The van der Waals surface area contributed by atoms with Crippen molar-refractivity contribution in [3.05, 3.63) is 29.8 Å². The number of hydrogen-bond donors (Lipinski definition) is 1. The van der Waals surface area contributed by atoms with Crippen molar-refractivity contribution in [1.29, 1.82) is 0 Å². The van der Waals surface area contributed by atoms with Crippen molar-refractivity contribution < 1.29 is 19.4 Å². The number of carboxylic acids is 1. The Hall–Kier alpha value is -1.59. The number of carbonyl (C=O) groups is 1. The molecule has 1 aliphatic heterocycles. The quantitative estimate of drug-likeness (QED) is 0.861. The van der Waals surface area contributed by atoms with Crippen LogP contribution in [0.3, 0.4) is 0 Å². The second-order valence-corrected chi connectivity index (χ2v) is 5.00. The monoisotopic (exact) mass is 279 g/mol. The molecule has 0 bridgehead atoms. The van der Waals surface area contributed by atoms with E-state index in [0.29, 0.717) is 5.75 Å². The Labute approximate surface area is 119 Å². The molecule has 0 saturated carbocycles. The minimum absolute atomic E-state index is 0.105. The number of hydrogen-bond acceptors (Lipinski definition) is 4. The molecule has 5 heteroatoms. The van der Waals surface area contributed by atoms with Crippen LogP contribution in [0, 0.1) is 0 Å². The first-order valence-electron chi connectivity index (χ1n) is 6.95. The van der Waals surface area contributed by atoms with Crippen molar-refractivity contribution in [1.82, 2.24) is 4.90 Å². The van der Waals surface area contributed by atoms with E-state index in [1.54, 1.807) is 24.3 Å². The Morgan fingerprint density at radius 3 is 2.60 bits per heavy atom. The fraction of sp³-hybridized carbons (Fsp3) is 0.533. The lowest BCUT2D eigenvalue weighted by Gasteiger charge is -2.27. The highest BCUT2D eigenvalue weighted by Crippen LogP contribution is 2.15. The summed E-state index contributed by atoms with van der Waals surface area (Å²) in [7, 11) is 0. The normalized spacial score (nSPS) is 17.6. The molecule has 0 radical (unpaired) electrons. The van der Waals surface area contributed by atoms with Crippen LogP contribution in [0.5, 0.6) is 5.75 Å². The summed E-state index contributed by atoms with van der Waals surface area (Å²) in [6.07, 6.45) is 1.05. The van der Waals surface area contributed by atoms with Gasteiger partial charge in [-0.25, -0.2) is 4.79 Å². The molecule has 1 heterocycles. The number of carboxylic acid groups (broad SMARTS) is 1. The molecule has 1 aromatic carbocycles. The summed E-state index contributed by atoms with van der Waals surface area (Å²) in [5.74, 6) is -0.207. The van der Waals surface area contributed by atoms with Crippen LogP contribution < -0.4 is 4.74 Å². The van der Waals surface area contributed by atoms with Crippen LogP contribution in [0.25, 0.3) is 0 Å². The number of rotatable bonds is 6. The molecule has 1 aliphatic rings. The van der Waals surface area contributed by atoms with Crippen molar-refractivity contribution in [3.8, 4) is 5.75 Å². The van der Waals surface area contributed by atoms with E-state index in [-0.39, 0.29) is 11.7 Å². The lowest BCUT2D eigenvalue weighted by atomic mass is 10.2. The minimum atomic E-state index is -0.920. The molecule has 110 valence electrons. The van der Waals surface area contributed by atoms with Crippen LogP contribution >= 0.6 is 0 Å². The maximum Gasteiger partial charge on any atom is 0.335 e. The topological polar surface area (TPSA) is 59.0 Å². The molecule has 0 aromatic heterocycles. The third-order valence-corrected chi connectivity index (χ3v) is 3.39. The van der Waals surface area contributed by atoms with Gasteiger partial charge in [-0.05, 0) is 37.6 Å². The SMILES string of the molecule is CC(CCN1CCOCC1)Oc1ccc(C(=O)O)cc1. The van der Waals surface area contributed by atoms with E-state index in [9.17, 15) is 4.79 Å². The number of ether oxygens (including phenoxy) is 2. The average Bonchev–Trinajstić information content (AvgIpc) is 2.47. The van der Waals surface area contributed by atoms with Gasteiger partial charge in [-0.3, -0.25) is 4.90 Å². The van der Waals surface area contributed by atoms with Gasteiger partial charge in [-0.1, -0.05) is 0 Å². The number of aromatic carboxylic acids is 1. The molecule has 20 heavy (non-hydrogen) atoms.